The van der Waals surface area contributed by atoms with Gasteiger partial charge in [0.2, 0.25) is 5.54 Å². The first-order valence-corrected chi connectivity index (χ1v) is 15.5. The maximum absolute atomic E-state index is 13.6. The summed E-state index contributed by atoms with van der Waals surface area (Å²) in [5, 5.41) is 21.4. The van der Waals surface area contributed by atoms with E-state index < -0.39 is 52.3 Å². The summed E-state index contributed by atoms with van der Waals surface area (Å²) < 4.78 is 22.3. The number of benzene rings is 1. The van der Waals surface area contributed by atoms with Gasteiger partial charge in [0.15, 0.2) is 6.10 Å². The molecule has 256 valence electrons. The summed E-state index contributed by atoms with van der Waals surface area (Å²) in [7, 11) is 0. The van der Waals surface area contributed by atoms with E-state index in [1.54, 1.807) is 65.8 Å². The smallest absolute Gasteiger partial charge is 0.410 e. The van der Waals surface area contributed by atoms with Crippen LogP contribution in [-0.4, -0.2) is 95.5 Å². The number of ether oxygens (including phenoxy) is 4. The number of rotatable bonds is 13. The third-order valence-corrected chi connectivity index (χ3v) is 7.99. The zero-order chi connectivity index (χ0) is 34.5. The van der Waals surface area contributed by atoms with Crippen molar-refractivity contribution in [2.75, 3.05) is 32.8 Å². The largest absolute Gasteiger partial charge is 0.490 e. The highest BCUT2D eigenvalue weighted by Crippen LogP contribution is 2.40. The lowest BCUT2D eigenvalue weighted by molar-refractivity contribution is -0.169. The molecule has 2 aliphatic heterocycles. The van der Waals surface area contributed by atoms with Gasteiger partial charge in [0, 0.05) is 13.0 Å². The molecule has 0 spiro atoms. The van der Waals surface area contributed by atoms with Crippen LogP contribution in [0.1, 0.15) is 66.4 Å². The molecule has 1 aromatic rings. The number of carboxylic acid groups (broad SMARTS) is 1. The van der Waals surface area contributed by atoms with Gasteiger partial charge in [-0.05, 0) is 97.5 Å². The average molecular weight is 648 g/mol. The van der Waals surface area contributed by atoms with Crippen LogP contribution in [0, 0.1) is 16.7 Å². The number of carbonyl (C=O) groups is 4. The highest BCUT2D eigenvalue weighted by molar-refractivity contribution is 6.04. The van der Waals surface area contributed by atoms with E-state index in [4.69, 9.17) is 35.8 Å². The lowest BCUT2D eigenvalue weighted by Gasteiger charge is -2.41. The first kappa shape index (κ1) is 36.6. The van der Waals surface area contributed by atoms with Crippen LogP contribution < -0.4 is 21.5 Å². The zero-order valence-electron chi connectivity index (χ0n) is 27.6. The molecule has 14 nitrogen and oxygen atoms in total. The molecule has 46 heavy (non-hydrogen) atoms. The lowest BCUT2D eigenvalue weighted by Crippen LogP contribution is -2.58. The quantitative estimate of drug-likeness (QED) is 0.0685. The first-order valence-electron chi connectivity index (χ1n) is 15.5. The van der Waals surface area contributed by atoms with Gasteiger partial charge in [-0.1, -0.05) is 12.1 Å². The molecule has 2 aliphatic rings. The molecule has 0 aliphatic carbocycles. The van der Waals surface area contributed by atoms with Crippen LogP contribution in [0.25, 0.3) is 0 Å². The van der Waals surface area contributed by atoms with Crippen LogP contribution in [0.2, 0.25) is 0 Å². The van der Waals surface area contributed by atoms with Crippen molar-refractivity contribution >= 4 is 29.8 Å². The Balaban J connectivity index is 1.62. The number of hydrogen-bond donors (Lipinski definition) is 5. The Labute approximate surface area is 269 Å². The standard InChI is InChI=1S/C32H49N5O9/c1-29(2,3)45-26(40)31(24(33)34,21-11-14-36-15-12-21)13-16-37-18-23(44-28(37)42)19-43-22-9-7-20(8-10-22)17-32(35,25(38)39)27(41)46-30(4,5)6/h7-10,21,23,36H,11-19,35H2,1-6H3,(H3,33,34)(H,38,39). The molecule has 3 rings (SSSR count). The summed E-state index contributed by atoms with van der Waals surface area (Å²) in [6, 6.07) is 6.39. The number of carboxylic acids is 1. The predicted molar refractivity (Wildman–Crippen MR) is 168 cm³/mol. The highest BCUT2D eigenvalue weighted by atomic mass is 16.6. The number of esters is 2. The van der Waals surface area contributed by atoms with Crippen molar-refractivity contribution in [3.05, 3.63) is 29.8 Å². The topological polar surface area (TPSA) is 217 Å². The number of aliphatic carboxylic acids is 1. The summed E-state index contributed by atoms with van der Waals surface area (Å²) in [5.74, 6) is -3.16. The number of nitrogens with one attached hydrogen (secondary N) is 2. The lowest BCUT2D eigenvalue weighted by atomic mass is 9.67. The maximum atomic E-state index is 13.6. The van der Waals surface area contributed by atoms with Crippen molar-refractivity contribution in [3.8, 4) is 5.75 Å². The number of carbonyl (C=O) groups excluding carboxylic acids is 3. The van der Waals surface area contributed by atoms with Crippen molar-refractivity contribution in [2.24, 2.45) is 22.8 Å². The Kier molecular flexibility index (Phi) is 11.3. The number of hydrogen-bond acceptors (Lipinski definition) is 11. The van der Waals surface area contributed by atoms with Crippen LogP contribution in [0.4, 0.5) is 4.79 Å². The number of cyclic esters (lactones) is 1. The minimum Gasteiger partial charge on any atom is -0.490 e. The minimum atomic E-state index is -2.27. The molecule has 3 unspecified atom stereocenters. The minimum absolute atomic E-state index is 0.0354. The van der Waals surface area contributed by atoms with E-state index in [-0.39, 0.29) is 44.3 Å². The Morgan fingerprint density at radius 2 is 1.59 bits per heavy atom. The molecule has 0 saturated carbocycles. The fourth-order valence-corrected chi connectivity index (χ4v) is 5.60. The van der Waals surface area contributed by atoms with Gasteiger partial charge in [0.05, 0.1) is 6.54 Å². The van der Waals surface area contributed by atoms with Crippen molar-refractivity contribution < 1.29 is 43.2 Å². The van der Waals surface area contributed by atoms with Crippen LogP contribution in [0.15, 0.2) is 24.3 Å². The summed E-state index contributed by atoms with van der Waals surface area (Å²) >= 11 is 0. The van der Waals surface area contributed by atoms with Gasteiger partial charge in [0.1, 0.15) is 34.8 Å². The Hall–Kier alpha value is -3.91. The molecule has 0 bridgehead atoms. The van der Waals surface area contributed by atoms with E-state index in [9.17, 15) is 24.3 Å². The van der Waals surface area contributed by atoms with Gasteiger partial charge in [-0.25, -0.2) is 14.4 Å². The fraction of sp³-hybridized carbons (Fsp3) is 0.656. The predicted octanol–water partition coefficient (Wildman–Crippen LogP) is 2.21. The molecule has 0 aromatic heterocycles. The van der Waals surface area contributed by atoms with Gasteiger partial charge in [0.25, 0.3) is 0 Å². The van der Waals surface area contributed by atoms with E-state index in [0.717, 1.165) is 0 Å². The molecule has 3 atom stereocenters. The molecule has 1 amide bonds. The van der Waals surface area contributed by atoms with Crippen LogP contribution in [-0.2, 0) is 35.0 Å². The zero-order valence-corrected chi connectivity index (χ0v) is 27.6. The summed E-state index contributed by atoms with van der Waals surface area (Å²) in [4.78, 5) is 52.3. The Morgan fingerprint density at radius 3 is 2.11 bits per heavy atom. The number of piperidine rings is 1. The second kappa shape index (κ2) is 14.2. The normalized spacial score (nSPS) is 20.2. The summed E-state index contributed by atoms with van der Waals surface area (Å²) in [6.45, 7) is 11.9. The molecule has 2 saturated heterocycles. The molecule has 14 heteroatoms. The molecule has 7 N–H and O–H groups in total. The third kappa shape index (κ3) is 9.09. The molecular formula is C32H49N5O9. The molecule has 2 fully saturated rings. The number of amides is 1. The van der Waals surface area contributed by atoms with E-state index in [2.05, 4.69) is 5.32 Å². The second-order valence-electron chi connectivity index (χ2n) is 14.0. The van der Waals surface area contributed by atoms with Crippen molar-refractivity contribution in [1.29, 1.82) is 5.41 Å². The van der Waals surface area contributed by atoms with Gasteiger partial charge in [-0.15, -0.1) is 0 Å². The van der Waals surface area contributed by atoms with Crippen LogP contribution in [0.3, 0.4) is 0 Å². The Bertz CT molecular complexity index is 1280. The summed E-state index contributed by atoms with van der Waals surface area (Å²) in [6.07, 6.45) is -0.0607. The van der Waals surface area contributed by atoms with Gasteiger partial charge >= 0.3 is 24.0 Å². The van der Waals surface area contributed by atoms with Gasteiger partial charge < -0.3 is 45.7 Å². The Morgan fingerprint density at radius 1 is 1.02 bits per heavy atom. The van der Waals surface area contributed by atoms with E-state index in [1.165, 1.54) is 4.90 Å². The average Bonchev–Trinajstić information content (AvgIpc) is 3.30. The highest BCUT2D eigenvalue weighted by Gasteiger charge is 2.52. The number of amidine groups is 1. The van der Waals surface area contributed by atoms with E-state index >= 15 is 0 Å². The number of nitrogens with two attached hydrogens (primary N) is 2. The molecule has 0 radical (unpaired) electrons. The van der Waals surface area contributed by atoms with Crippen LogP contribution >= 0.6 is 0 Å². The van der Waals surface area contributed by atoms with Gasteiger partial charge in [-0.3, -0.25) is 10.2 Å². The second-order valence-corrected chi connectivity index (χ2v) is 14.0. The molecular weight excluding hydrogens is 598 g/mol. The third-order valence-electron chi connectivity index (χ3n) is 7.99. The fourth-order valence-electron chi connectivity index (χ4n) is 5.60. The maximum Gasteiger partial charge on any atom is 0.410 e. The first-order chi connectivity index (χ1) is 21.3. The van der Waals surface area contributed by atoms with Crippen molar-refractivity contribution in [3.63, 3.8) is 0 Å². The molecule has 2 heterocycles. The number of nitrogens with zero attached hydrogens (tertiary/aromatic N) is 1. The molecule has 1 aromatic carbocycles. The summed E-state index contributed by atoms with van der Waals surface area (Å²) in [5.41, 5.74) is 7.25. The van der Waals surface area contributed by atoms with Crippen molar-refractivity contribution in [2.45, 2.75) is 90.1 Å². The van der Waals surface area contributed by atoms with Crippen molar-refractivity contribution in [1.82, 2.24) is 10.2 Å². The monoisotopic (exact) mass is 647 g/mol. The SMILES string of the molecule is CC(C)(C)OC(=O)C(N)(Cc1ccc(OCC2CN(CCC(C(=N)N)(C(=O)OC(C)(C)C)C3CCNCC3)C(=O)O2)cc1)C(=O)O. The van der Waals surface area contributed by atoms with Crippen LogP contribution in [0.5, 0.6) is 5.75 Å². The van der Waals surface area contributed by atoms with E-state index in [1.807, 2.05) is 0 Å². The van der Waals surface area contributed by atoms with Gasteiger partial charge in [-0.2, -0.15) is 0 Å². The van der Waals surface area contributed by atoms with E-state index in [0.29, 0.717) is 37.2 Å².